The number of aromatic nitrogens is 2. The van der Waals surface area contributed by atoms with Crippen LogP contribution in [0.1, 0.15) is 24.3 Å². The molecule has 166 valence electrons. The Hall–Kier alpha value is -2.82. The van der Waals surface area contributed by atoms with Crippen LogP contribution in [-0.2, 0) is 11.2 Å². The molecule has 3 rings (SSSR count). The van der Waals surface area contributed by atoms with Gasteiger partial charge in [-0.3, -0.25) is 4.79 Å². The number of amides is 1. The summed E-state index contributed by atoms with van der Waals surface area (Å²) in [5, 5.41) is 11.0. The van der Waals surface area contributed by atoms with Crippen molar-refractivity contribution in [3.63, 3.8) is 0 Å². The molecule has 0 radical (unpaired) electrons. The fourth-order valence-corrected chi connectivity index (χ4v) is 2.85. The fraction of sp³-hybridized carbons (Fsp3) is 0.318. The van der Waals surface area contributed by atoms with Gasteiger partial charge in [-0.1, -0.05) is 12.1 Å². The van der Waals surface area contributed by atoms with Crippen LogP contribution in [0.2, 0.25) is 0 Å². The van der Waals surface area contributed by atoms with Gasteiger partial charge in [-0.05, 0) is 42.8 Å². The van der Waals surface area contributed by atoms with Gasteiger partial charge in [-0.2, -0.15) is 5.10 Å². The standard InChI is InChI=1S/C22H28N6O2.HI/c1-17(18-7-4-8-19(15-18)28-13-6-11-25-28)26-22(24-16-21(29)27(2)3)23-12-10-20-9-5-14-30-20;/h4-9,11,13-15,17H,10,12,16H2,1-3H3,(H2,23,24,26);1H. The Morgan fingerprint density at radius 2 is 2.10 bits per heavy atom. The molecule has 2 aromatic heterocycles. The zero-order chi connectivity index (χ0) is 21.3. The second-order valence-corrected chi connectivity index (χ2v) is 7.12. The molecule has 0 aliphatic heterocycles. The van der Waals surface area contributed by atoms with Crippen molar-refractivity contribution >= 4 is 35.8 Å². The summed E-state index contributed by atoms with van der Waals surface area (Å²) in [5.41, 5.74) is 2.07. The van der Waals surface area contributed by atoms with Gasteiger partial charge in [-0.25, -0.2) is 9.67 Å². The number of aliphatic imine (C=N–C) groups is 1. The number of guanidine groups is 1. The average Bonchev–Trinajstić information content (AvgIpc) is 3.45. The molecule has 2 N–H and O–H groups in total. The quantitative estimate of drug-likeness (QED) is 0.263. The summed E-state index contributed by atoms with van der Waals surface area (Å²) >= 11 is 0. The van der Waals surface area contributed by atoms with Crippen molar-refractivity contribution in [1.82, 2.24) is 25.3 Å². The number of hydrogen-bond acceptors (Lipinski definition) is 4. The summed E-state index contributed by atoms with van der Waals surface area (Å²) in [6, 6.07) is 13.8. The Labute approximate surface area is 199 Å². The normalized spacial score (nSPS) is 12.0. The topological polar surface area (TPSA) is 87.7 Å². The van der Waals surface area contributed by atoms with E-state index in [-0.39, 0.29) is 42.5 Å². The first-order valence-electron chi connectivity index (χ1n) is 9.90. The number of likely N-dealkylation sites (N-methyl/N-ethyl adjacent to an activating group) is 1. The number of carbonyl (C=O) groups is 1. The molecule has 1 aromatic carbocycles. The van der Waals surface area contributed by atoms with E-state index < -0.39 is 0 Å². The van der Waals surface area contributed by atoms with Gasteiger partial charge in [0.2, 0.25) is 5.91 Å². The van der Waals surface area contributed by atoms with Gasteiger partial charge in [0, 0.05) is 39.5 Å². The minimum absolute atomic E-state index is 0. The number of rotatable bonds is 8. The molecule has 31 heavy (non-hydrogen) atoms. The maximum atomic E-state index is 12.0. The molecule has 2 heterocycles. The van der Waals surface area contributed by atoms with E-state index in [9.17, 15) is 4.79 Å². The van der Waals surface area contributed by atoms with Crippen molar-refractivity contribution in [3.8, 4) is 5.69 Å². The van der Waals surface area contributed by atoms with Gasteiger partial charge in [0.1, 0.15) is 12.3 Å². The molecule has 0 bridgehead atoms. The Balaban J connectivity index is 0.00000341. The molecule has 3 aromatic rings. The van der Waals surface area contributed by atoms with Crippen molar-refractivity contribution in [2.75, 3.05) is 27.2 Å². The highest BCUT2D eigenvalue weighted by molar-refractivity contribution is 14.0. The van der Waals surface area contributed by atoms with Crippen molar-refractivity contribution in [1.29, 1.82) is 0 Å². The van der Waals surface area contributed by atoms with E-state index in [1.54, 1.807) is 26.6 Å². The number of benzene rings is 1. The predicted octanol–water partition coefficient (Wildman–Crippen LogP) is 3.01. The van der Waals surface area contributed by atoms with Gasteiger partial charge in [0.05, 0.1) is 18.0 Å². The van der Waals surface area contributed by atoms with Crippen LogP contribution in [0.4, 0.5) is 0 Å². The first-order valence-corrected chi connectivity index (χ1v) is 9.90. The zero-order valence-electron chi connectivity index (χ0n) is 18.0. The van der Waals surface area contributed by atoms with Crippen molar-refractivity contribution in [2.45, 2.75) is 19.4 Å². The first-order chi connectivity index (χ1) is 14.5. The lowest BCUT2D eigenvalue weighted by molar-refractivity contribution is -0.127. The summed E-state index contributed by atoms with van der Waals surface area (Å²) in [4.78, 5) is 18.0. The number of nitrogens with zero attached hydrogens (tertiary/aromatic N) is 4. The van der Waals surface area contributed by atoms with Crippen LogP contribution in [0.15, 0.2) is 70.5 Å². The highest BCUT2D eigenvalue weighted by Gasteiger charge is 2.11. The molecular formula is C22H29IN6O2. The molecule has 1 atom stereocenters. The van der Waals surface area contributed by atoms with E-state index in [0.29, 0.717) is 12.5 Å². The predicted molar refractivity (Wildman–Crippen MR) is 132 cm³/mol. The van der Waals surface area contributed by atoms with E-state index in [4.69, 9.17) is 4.42 Å². The van der Waals surface area contributed by atoms with Crippen LogP contribution >= 0.6 is 24.0 Å². The third-order valence-electron chi connectivity index (χ3n) is 4.61. The first kappa shape index (κ1) is 24.4. The molecule has 1 amide bonds. The third-order valence-corrected chi connectivity index (χ3v) is 4.61. The molecule has 1 unspecified atom stereocenters. The third kappa shape index (κ3) is 7.42. The van der Waals surface area contributed by atoms with E-state index in [2.05, 4.69) is 39.8 Å². The second-order valence-electron chi connectivity index (χ2n) is 7.12. The van der Waals surface area contributed by atoms with Crippen LogP contribution < -0.4 is 10.6 Å². The van der Waals surface area contributed by atoms with Crippen LogP contribution in [0, 0.1) is 0 Å². The molecule has 0 spiro atoms. The number of furan rings is 1. The van der Waals surface area contributed by atoms with Gasteiger partial charge in [0.25, 0.3) is 0 Å². The summed E-state index contributed by atoms with van der Waals surface area (Å²) in [6.45, 7) is 2.76. The molecule has 9 heteroatoms. The maximum Gasteiger partial charge on any atom is 0.243 e. The van der Waals surface area contributed by atoms with Crippen LogP contribution in [0.5, 0.6) is 0 Å². The zero-order valence-corrected chi connectivity index (χ0v) is 20.3. The number of carbonyl (C=O) groups excluding carboxylic acids is 1. The summed E-state index contributed by atoms with van der Waals surface area (Å²) in [6.07, 6.45) is 6.04. The Kier molecular flexibility index (Phi) is 9.57. The lowest BCUT2D eigenvalue weighted by Gasteiger charge is -2.19. The minimum Gasteiger partial charge on any atom is -0.469 e. The van der Waals surface area contributed by atoms with Crippen molar-refractivity contribution in [2.24, 2.45) is 4.99 Å². The minimum atomic E-state index is -0.0598. The lowest BCUT2D eigenvalue weighted by atomic mass is 10.1. The van der Waals surface area contributed by atoms with E-state index in [1.807, 2.05) is 41.2 Å². The smallest absolute Gasteiger partial charge is 0.243 e. The molecule has 0 saturated carbocycles. The van der Waals surface area contributed by atoms with E-state index >= 15 is 0 Å². The van der Waals surface area contributed by atoms with Crippen LogP contribution in [0.3, 0.4) is 0 Å². The van der Waals surface area contributed by atoms with Gasteiger partial charge in [-0.15, -0.1) is 24.0 Å². The van der Waals surface area contributed by atoms with Gasteiger partial charge >= 0.3 is 0 Å². The number of nitrogens with one attached hydrogen (secondary N) is 2. The molecule has 0 aliphatic rings. The summed E-state index contributed by atoms with van der Waals surface area (Å²) < 4.78 is 7.20. The van der Waals surface area contributed by atoms with Crippen LogP contribution in [0.25, 0.3) is 5.69 Å². The average molecular weight is 536 g/mol. The largest absolute Gasteiger partial charge is 0.469 e. The monoisotopic (exact) mass is 536 g/mol. The highest BCUT2D eigenvalue weighted by Crippen LogP contribution is 2.16. The molecular weight excluding hydrogens is 507 g/mol. The molecule has 0 aliphatic carbocycles. The van der Waals surface area contributed by atoms with Gasteiger partial charge in [0.15, 0.2) is 5.96 Å². The van der Waals surface area contributed by atoms with E-state index in [0.717, 1.165) is 23.4 Å². The van der Waals surface area contributed by atoms with Crippen molar-refractivity contribution in [3.05, 3.63) is 72.4 Å². The fourth-order valence-electron chi connectivity index (χ4n) is 2.85. The molecule has 0 fully saturated rings. The summed E-state index contributed by atoms with van der Waals surface area (Å²) in [5.74, 6) is 1.41. The SMILES string of the molecule is CC(NC(=NCC(=O)N(C)C)NCCc1ccco1)c1cccc(-n2cccn2)c1.I. The molecule has 8 nitrogen and oxygen atoms in total. The number of halogens is 1. The highest BCUT2D eigenvalue weighted by atomic mass is 127. The maximum absolute atomic E-state index is 12.0. The lowest BCUT2D eigenvalue weighted by Crippen LogP contribution is -2.40. The second kappa shape index (κ2) is 12.1. The van der Waals surface area contributed by atoms with Crippen molar-refractivity contribution < 1.29 is 9.21 Å². The Morgan fingerprint density at radius 1 is 1.26 bits per heavy atom. The number of hydrogen-bond donors (Lipinski definition) is 2. The van der Waals surface area contributed by atoms with Gasteiger partial charge < -0.3 is 20.0 Å². The van der Waals surface area contributed by atoms with E-state index in [1.165, 1.54) is 4.90 Å². The summed E-state index contributed by atoms with van der Waals surface area (Å²) in [7, 11) is 3.44. The molecule has 0 saturated heterocycles. The Morgan fingerprint density at radius 3 is 2.77 bits per heavy atom. The Bertz CT molecular complexity index is 954. The van der Waals surface area contributed by atoms with Crippen LogP contribution in [-0.4, -0.2) is 53.7 Å².